The lowest BCUT2D eigenvalue weighted by atomic mass is 9.92. The number of halogens is 1. The summed E-state index contributed by atoms with van der Waals surface area (Å²) in [4.78, 5) is 34.4. The third-order valence-electron chi connectivity index (χ3n) is 6.85. The van der Waals surface area contributed by atoms with E-state index in [4.69, 9.17) is 19.3 Å². The third kappa shape index (κ3) is 5.78. The number of aliphatic hydroxyl groups is 1. The van der Waals surface area contributed by atoms with E-state index >= 15 is 4.39 Å². The number of amides is 1. The molecule has 0 aliphatic heterocycles. The second-order valence-electron chi connectivity index (χ2n) is 9.88. The Morgan fingerprint density at radius 1 is 1.07 bits per heavy atom. The van der Waals surface area contributed by atoms with Crippen LogP contribution in [-0.4, -0.2) is 62.0 Å². The van der Waals surface area contributed by atoms with Crippen LogP contribution in [0.3, 0.4) is 0 Å². The second kappa shape index (κ2) is 11.8. The average Bonchev–Trinajstić information content (AvgIpc) is 3.39. The Labute approximate surface area is 243 Å². The highest BCUT2D eigenvalue weighted by atomic mass is 32.1. The van der Waals surface area contributed by atoms with Crippen molar-refractivity contribution in [2.75, 3.05) is 19.0 Å². The number of rotatable bonds is 9. The van der Waals surface area contributed by atoms with E-state index in [1.807, 2.05) is 19.1 Å². The summed E-state index contributed by atoms with van der Waals surface area (Å²) in [6.45, 7) is 2.02. The van der Waals surface area contributed by atoms with Crippen molar-refractivity contribution in [2.45, 2.75) is 44.8 Å². The molecule has 3 aromatic heterocycles. The number of nitrogens with zero attached hydrogens (tertiary/aromatic N) is 5. The van der Waals surface area contributed by atoms with Gasteiger partial charge >= 0.3 is 6.09 Å². The van der Waals surface area contributed by atoms with Crippen LogP contribution in [0.5, 0.6) is 11.6 Å². The molecule has 1 aliphatic carbocycles. The molecule has 0 saturated heterocycles. The lowest BCUT2D eigenvalue weighted by Gasteiger charge is -2.35. The van der Waals surface area contributed by atoms with Gasteiger partial charge in [-0.3, -0.25) is 5.32 Å². The van der Waals surface area contributed by atoms with Crippen LogP contribution in [-0.2, 0) is 11.2 Å². The Morgan fingerprint density at radius 2 is 1.88 bits per heavy atom. The number of ether oxygens (including phenoxy) is 3. The van der Waals surface area contributed by atoms with E-state index in [1.54, 1.807) is 19.4 Å². The number of nitrogens with one attached hydrogen (secondary N) is 1. The zero-order chi connectivity index (χ0) is 29.2. The molecule has 6 rings (SSSR count). The van der Waals surface area contributed by atoms with Crippen LogP contribution < -0.4 is 14.8 Å². The molecule has 2 N–H and O–H groups in total. The molecule has 2 atom stereocenters. The summed E-state index contributed by atoms with van der Waals surface area (Å²) in [7, 11) is 1.54. The molecule has 0 spiro atoms. The number of carbonyl (C=O) groups is 1. The van der Waals surface area contributed by atoms with Crippen LogP contribution in [0.1, 0.15) is 30.7 Å². The van der Waals surface area contributed by atoms with E-state index in [2.05, 4.69) is 30.2 Å². The summed E-state index contributed by atoms with van der Waals surface area (Å²) in [5.41, 5.74) is 4.02. The van der Waals surface area contributed by atoms with Crippen molar-refractivity contribution in [1.82, 2.24) is 24.9 Å². The van der Waals surface area contributed by atoms with Crippen molar-refractivity contribution in [2.24, 2.45) is 0 Å². The standard InChI is InChI=1S/C29H27FN6O5S/c1-15-8-17(27-20(9-15)35-26(39-2)14-33-27)28-36-19-10-18(30)23(11-24(19)42-28)40-21-5-6-22(21)41-29(38)34-16-12-31-25(32-13-16)4-3-7-37/h8-14,21-22,37H,3-7H2,1-2H3,(H,34,38)/t21-,22+/m0/s1. The van der Waals surface area contributed by atoms with Crippen LogP contribution in [0.15, 0.2) is 42.9 Å². The monoisotopic (exact) mass is 590 g/mol. The van der Waals surface area contributed by atoms with Gasteiger partial charge in [0.15, 0.2) is 11.6 Å². The molecule has 42 heavy (non-hydrogen) atoms. The Hall–Kier alpha value is -4.49. The van der Waals surface area contributed by atoms with E-state index in [9.17, 15) is 4.79 Å². The van der Waals surface area contributed by atoms with Crippen molar-refractivity contribution < 1.29 is 28.5 Å². The fraction of sp³-hybridized carbons (Fsp3) is 0.310. The highest BCUT2D eigenvalue weighted by molar-refractivity contribution is 7.21. The maximum Gasteiger partial charge on any atom is 0.412 e. The number of thiazole rings is 1. The van der Waals surface area contributed by atoms with Crippen molar-refractivity contribution in [3.63, 3.8) is 0 Å². The average molecular weight is 591 g/mol. The maximum absolute atomic E-state index is 15.1. The van der Waals surface area contributed by atoms with E-state index in [0.29, 0.717) is 64.6 Å². The fourth-order valence-electron chi connectivity index (χ4n) is 4.59. The highest BCUT2D eigenvalue weighted by Crippen LogP contribution is 2.38. The van der Waals surface area contributed by atoms with E-state index in [0.717, 1.165) is 15.8 Å². The van der Waals surface area contributed by atoms with Crippen molar-refractivity contribution >= 4 is 44.4 Å². The Kier molecular flexibility index (Phi) is 7.76. The molecule has 0 radical (unpaired) electrons. The summed E-state index contributed by atoms with van der Waals surface area (Å²) in [6, 6.07) is 6.88. The molecule has 13 heteroatoms. The number of methoxy groups -OCH3 is 1. The minimum Gasteiger partial charge on any atom is -0.483 e. The number of benzene rings is 2. The van der Waals surface area contributed by atoms with E-state index < -0.39 is 24.1 Å². The van der Waals surface area contributed by atoms with Crippen molar-refractivity contribution in [1.29, 1.82) is 0 Å². The van der Waals surface area contributed by atoms with Gasteiger partial charge in [-0.05, 0) is 43.9 Å². The first-order valence-electron chi connectivity index (χ1n) is 13.4. The van der Waals surface area contributed by atoms with Crippen LogP contribution in [0, 0.1) is 12.7 Å². The largest absolute Gasteiger partial charge is 0.483 e. The molecule has 1 fully saturated rings. The van der Waals surface area contributed by atoms with Crippen LogP contribution >= 0.6 is 11.3 Å². The summed E-state index contributed by atoms with van der Waals surface area (Å²) >= 11 is 1.40. The minimum atomic E-state index is -0.672. The van der Waals surface area contributed by atoms with E-state index in [1.165, 1.54) is 29.8 Å². The van der Waals surface area contributed by atoms with Crippen LogP contribution in [0.4, 0.5) is 14.9 Å². The molecule has 11 nitrogen and oxygen atoms in total. The Bertz CT molecular complexity index is 1770. The fourth-order valence-corrected chi connectivity index (χ4v) is 5.58. The Morgan fingerprint density at radius 3 is 2.62 bits per heavy atom. The molecule has 3 heterocycles. The lowest BCUT2D eigenvalue weighted by molar-refractivity contribution is -0.0431. The maximum atomic E-state index is 15.1. The van der Waals surface area contributed by atoms with Crippen LogP contribution in [0.25, 0.3) is 31.8 Å². The molecule has 0 unspecified atom stereocenters. The summed E-state index contributed by atoms with van der Waals surface area (Å²) in [5.74, 6) is 0.512. The number of aliphatic hydroxyl groups excluding tert-OH is 1. The summed E-state index contributed by atoms with van der Waals surface area (Å²) in [6.07, 6.45) is 5.13. The second-order valence-corrected chi connectivity index (χ2v) is 10.9. The van der Waals surface area contributed by atoms with E-state index in [-0.39, 0.29) is 12.4 Å². The number of aryl methyl sites for hydroxylation is 2. The number of hydrogen-bond acceptors (Lipinski definition) is 11. The van der Waals surface area contributed by atoms with Crippen LogP contribution in [0.2, 0.25) is 0 Å². The third-order valence-corrected chi connectivity index (χ3v) is 7.90. The van der Waals surface area contributed by atoms with Gasteiger partial charge in [-0.15, -0.1) is 11.3 Å². The minimum absolute atomic E-state index is 0.0557. The predicted molar refractivity (Wildman–Crippen MR) is 154 cm³/mol. The van der Waals surface area contributed by atoms with Gasteiger partial charge in [-0.25, -0.2) is 34.1 Å². The summed E-state index contributed by atoms with van der Waals surface area (Å²) in [5, 5.41) is 12.2. The summed E-state index contributed by atoms with van der Waals surface area (Å²) < 4.78 is 32.5. The number of hydrogen-bond donors (Lipinski definition) is 2. The molecule has 5 aromatic rings. The predicted octanol–water partition coefficient (Wildman–Crippen LogP) is 5.24. The smallest absolute Gasteiger partial charge is 0.412 e. The normalized spacial score (nSPS) is 16.3. The SMILES string of the molecule is COc1cnc2c(-c3nc4cc(F)c(O[C@H]5CC[C@H]5OC(=O)Nc5cnc(CCCO)nc5)cc4s3)cc(C)cc2n1. The number of aromatic nitrogens is 5. The van der Waals surface area contributed by atoms with Crippen molar-refractivity contribution in [3.05, 3.63) is 60.1 Å². The quantitative estimate of drug-likeness (QED) is 0.234. The molecule has 1 aliphatic rings. The van der Waals surface area contributed by atoms with Crippen molar-refractivity contribution in [3.8, 4) is 22.2 Å². The van der Waals surface area contributed by atoms with Gasteiger partial charge < -0.3 is 19.3 Å². The van der Waals surface area contributed by atoms with Gasteiger partial charge in [0, 0.05) is 30.7 Å². The Balaban J connectivity index is 1.15. The highest BCUT2D eigenvalue weighted by Gasteiger charge is 2.37. The van der Waals surface area contributed by atoms with Gasteiger partial charge in [0.05, 0.1) is 52.6 Å². The zero-order valence-corrected chi connectivity index (χ0v) is 23.7. The van der Waals surface area contributed by atoms with Gasteiger partial charge in [-0.2, -0.15) is 0 Å². The van der Waals surface area contributed by atoms with Gasteiger partial charge in [-0.1, -0.05) is 0 Å². The van der Waals surface area contributed by atoms with Gasteiger partial charge in [0.1, 0.15) is 23.0 Å². The topological polar surface area (TPSA) is 141 Å². The molecule has 216 valence electrons. The first-order valence-corrected chi connectivity index (χ1v) is 14.2. The molecule has 1 amide bonds. The zero-order valence-electron chi connectivity index (χ0n) is 22.8. The molecular formula is C29H27FN6O5S. The van der Waals surface area contributed by atoms with Gasteiger partial charge in [0.25, 0.3) is 0 Å². The number of anilines is 1. The molecular weight excluding hydrogens is 563 g/mol. The number of carbonyl (C=O) groups excluding carboxylic acids is 1. The number of fused-ring (bicyclic) bond motifs is 2. The molecule has 1 saturated carbocycles. The lowest BCUT2D eigenvalue weighted by Crippen LogP contribution is -2.45. The first kappa shape index (κ1) is 27.7. The van der Waals surface area contributed by atoms with Gasteiger partial charge in [0.2, 0.25) is 5.88 Å². The molecule has 2 aromatic carbocycles. The first-order chi connectivity index (χ1) is 20.4. The molecule has 0 bridgehead atoms.